The van der Waals surface area contributed by atoms with Crippen LogP contribution < -0.4 is 5.32 Å². The van der Waals surface area contributed by atoms with Crippen LogP contribution in [0.15, 0.2) is 12.4 Å². The Bertz CT molecular complexity index is 346. The molecule has 0 aliphatic carbocycles. The fraction of sp³-hybridized carbons (Fsp3) is 0.750. The van der Waals surface area contributed by atoms with Gasteiger partial charge in [0.05, 0.1) is 6.20 Å². The minimum absolute atomic E-state index is 0.741. The molecule has 88 valence electrons. The van der Waals surface area contributed by atoms with E-state index in [1.165, 1.54) is 38.0 Å². The summed E-state index contributed by atoms with van der Waals surface area (Å²) in [6, 6.07) is 0.741. The van der Waals surface area contributed by atoms with Crippen LogP contribution in [-0.2, 0) is 13.6 Å². The molecule has 1 N–H and O–H groups in total. The molecule has 0 bridgehead atoms. The Morgan fingerprint density at radius 1 is 1.50 bits per heavy atom. The molecule has 1 aromatic heterocycles. The highest BCUT2D eigenvalue weighted by atomic mass is 15.3. The van der Waals surface area contributed by atoms with Gasteiger partial charge in [-0.1, -0.05) is 0 Å². The number of hydrogen-bond acceptors (Lipinski definition) is 3. The van der Waals surface area contributed by atoms with Gasteiger partial charge in [0.25, 0.3) is 0 Å². The Hall–Kier alpha value is -0.870. The summed E-state index contributed by atoms with van der Waals surface area (Å²) in [5, 5.41) is 7.86. The summed E-state index contributed by atoms with van der Waals surface area (Å²) in [5.41, 5.74) is 1.33. The molecule has 3 heterocycles. The Balaban J connectivity index is 1.61. The van der Waals surface area contributed by atoms with Crippen molar-refractivity contribution in [2.45, 2.75) is 25.4 Å². The zero-order valence-electron chi connectivity index (χ0n) is 9.89. The van der Waals surface area contributed by atoms with Crippen LogP contribution in [0.3, 0.4) is 0 Å². The number of aromatic nitrogens is 2. The van der Waals surface area contributed by atoms with Gasteiger partial charge in [-0.15, -0.1) is 0 Å². The van der Waals surface area contributed by atoms with Crippen molar-refractivity contribution in [2.75, 3.05) is 19.6 Å². The number of nitrogens with zero attached hydrogens (tertiary/aromatic N) is 3. The van der Waals surface area contributed by atoms with Crippen molar-refractivity contribution < 1.29 is 0 Å². The van der Waals surface area contributed by atoms with Gasteiger partial charge in [-0.05, 0) is 25.3 Å². The van der Waals surface area contributed by atoms with Crippen LogP contribution in [0.4, 0.5) is 0 Å². The first kappa shape index (κ1) is 10.3. The number of piperidine rings is 1. The molecule has 1 aromatic rings. The quantitative estimate of drug-likeness (QED) is 0.792. The largest absolute Gasteiger partial charge is 0.312 e. The van der Waals surface area contributed by atoms with Gasteiger partial charge in [-0.3, -0.25) is 9.58 Å². The SMILES string of the molecule is Cn1cc(CN2C[C@@H]3CCCN[C@@H]3C2)cn1. The first-order valence-corrected chi connectivity index (χ1v) is 6.24. The number of likely N-dealkylation sites (tertiary alicyclic amines) is 1. The summed E-state index contributed by atoms with van der Waals surface area (Å²) in [6.07, 6.45) is 6.86. The molecular formula is C12H20N4. The van der Waals surface area contributed by atoms with Gasteiger partial charge < -0.3 is 5.32 Å². The van der Waals surface area contributed by atoms with Crippen molar-refractivity contribution in [3.8, 4) is 0 Å². The third-order valence-corrected chi connectivity index (χ3v) is 3.84. The fourth-order valence-electron chi connectivity index (χ4n) is 3.08. The molecule has 2 saturated heterocycles. The molecule has 0 amide bonds. The lowest BCUT2D eigenvalue weighted by molar-refractivity contribution is 0.312. The summed E-state index contributed by atoms with van der Waals surface area (Å²) in [5.74, 6) is 0.880. The Kier molecular flexibility index (Phi) is 2.69. The summed E-state index contributed by atoms with van der Waals surface area (Å²) in [6.45, 7) is 4.73. The number of nitrogens with one attached hydrogen (secondary N) is 1. The predicted molar refractivity (Wildman–Crippen MR) is 63.0 cm³/mol. The molecule has 3 rings (SSSR count). The van der Waals surface area contributed by atoms with Crippen molar-refractivity contribution in [1.82, 2.24) is 20.0 Å². The molecule has 2 aliphatic heterocycles. The van der Waals surface area contributed by atoms with E-state index in [1.54, 1.807) is 0 Å². The second kappa shape index (κ2) is 4.18. The van der Waals surface area contributed by atoms with E-state index < -0.39 is 0 Å². The van der Waals surface area contributed by atoms with Gasteiger partial charge in [0.2, 0.25) is 0 Å². The Labute approximate surface area is 96.6 Å². The van der Waals surface area contributed by atoms with E-state index in [4.69, 9.17) is 0 Å². The van der Waals surface area contributed by atoms with Gasteiger partial charge in [0.1, 0.15) is 0 Å². The molecule has 4 heteroatoms. The number of aryl methyl sites for hydroxylation is 1. The zero-order valence-corrected chi connectivity index (χ0v) is 9.89. The van der Waals surface area contributed by atoms with Crippen LogP contribution in [-0.4, -0.2) is 40.4 Å². The first-order chi connectivity index (χ1) is 7.81. The van der Waals surface area contributed by atoms with E-state index >= 15 is 0 Å². The molecular weight excluding hydrogens is 200 g/mol. The zero-order chi connectivity index (χ0) is 11.0. The van der Waals surface area contributed by atoms with E-state index in [0.717, 1.165) is 18.5 Å². The van der Waals surface area contributed by atoms with Crippen LogP contribution >= 0.6 is 0 Å². The van der Waals surface area contributed by atoms with E-state index in [-0.39, 0.29) is 0 Å². The highest BCUT2D eigenvalue weighted by Crippen LogP contribution is 2.25. The van der Waals surface area contributed by atoms with E-state index in [0.29, 0.717) is 0 Å². The lowest BCUT2D eigenvalue weighted by Gasteiger charge is -2.24. The normalized spacial score (nSPS) is 30.6. The maximum absolute atomic E-state index is 4.22. The number of fused-ring (bicyclic) bond motifs is 1. The van der Waals surface area contributed by atoms with Crippen LogP contribution in [0.5, 0.6) is 0 Å². The van der Waals surface area contributed by atoms with E-state index in [2.05, 4.69) is 21.5 Å². The number of rotatable bonds is 2. The molecule has 16 heavy (non-hydrogen) atoms. The maximum Gasteiger partial charge on any atom is 0.0534 e. The van der Waals surface area contributed by atoms with Crippen molar-refractivity contribution >= 4 is 0 Å². The molecule has 0 spiro atoms. The molecule has 0 unspecified atom stereocenters. The molecule has 2 aliphatic rings. The van der Waals surface area contributed by atoms with Crippen molar-refractivity contribution in [3.63, 3.8) is 0 Å². The second-order valence-corrected chi connectivity index (χ2v) is 5.18. The first-order valence-electron chi connectivity index (χ1n) is 6.24. The standard InChI is InChI=1S/C12H20N4/c1-15-6-10(5-14-15)7-16-8-11-3-2-4-13-12(11)9-16/h5-6,11-13H,2-4,7-9H2,1H3/t11-,12+/m0/s1. The second-order valence-electron chi connectivity index (χ2n) is 5.18. The van der Waals surface area contributed by atoms with Crippen LogP contribution in [0.25, 0.3) is 0 Å². The van der Waals surface area contributed by atoms with Gasteiger partial charge in [-0.2, -0.15) is 5.10 Å². The highest BCUT2D eigenvalue weighted by molar-refractivity contribution is 5.05. The van der Waals surface area contributed by atoms with Gasteiger partial charge >= 0.3 is 0 Å². The average molecular weight is 220 g/mol. The van der Waals surface area contributed by atoms with Gasteiger partial charge in [0.15, 0.2) is 0 Å². The summed E-state index contributed by atoms with van der Waals surface area (Å²) >= 11 is 0. The molecule has 0 radical (unpaired) electrons. The van der Waals surface area contributed by atoms with E-state index in [9.17, 15) is 0 Å². The lowest BCUT2D eigenvalue weighted by Crippen LogP contribution is -2.40. The topological polar surface area (TPSA) is 33.1 Å². The van der Waals surface area contributed by atoms with Gasteiger partial charge in [-0.25, -0.2) is 0 Å². The fourth-order valence-corrected chi connectivity index (χ4v) is 3.08. The minimum atomic E-state index is 0.741. The highest BCUT2D eigenvalue weighted by Gasteiger charge is 2.33. The molecule has 4 nitrogen and oxygen atoms in total. The average Bonchev–Trinajstić information content (AvgIpc) is 2.84. The molecule has 0 saturated carbocycles. The van der Waals surface area contributed by atoms with Crippen LogP contribution in [0, 0.1) is 5.92 Å². The summed E-state index contributed by atoms with van der Waals surface area (Å²) < 4.78 is 1.89. The van der Waals surface area contributed by atoms with Crippen molar-refractivity contribution in [3.05, 3.63) is 18.0 Å². The molecule has 2 fully saturated rings. The third-order valence-electron chi connectivity index (χ3n) is 3.84. The maximum atomic E-state index is 4.22. The Morgan fingerprint density at radius 2 is 2.44 bits per heavy atom. The van der Waals surface area contributed by atoms with Gasteiger partial charge in [0, 0.05) is 44.5 Å². The van der Waals surface area contributed by atoms with Crippen molar-refractivity contribution in [1.29, 1.82) is 0 Å². The molecule has 0 aromatic carbocycles. The summed E-state index contributed by atoms with van der Waals surface area (Å²) in [7, 11) is 1.98. The monoisotopic (exact) mass is 220 g/mol. The smallest absolute Gasteiger partial charge is 0.0534 e. The van der Waals surface area contributed by atoms with Crippen LogP contribution in [0.1, 0.15) is 18.4 Å². The lowest BCUT2D eigenvalue weighted by atomic mass is 9.94. The van der Waals surface area contributed by atoms with Crippen molar-refractivity contribution in [2.24, 2.45) is 13.0 Å². The predicted octanol–water partition coefficient (Wildman–Crippen LogP) is 0.604. The Morgan fingerprint density at radius 3 is 3.19 bits per heavy atom. The number of hydrogen-bond donors (Lipinski definition) is 1. The minimum Gasteiger partial charge on any atom is -0.312 e. The van der Waals surface area contributed by atoms with Crippen LogP contribution in [0.2, 0.25) is 0 Å². The molecule has 2 atom stereocenters. The summed E-state index contributed by atoms with van der Waals surface area (Å²) in [4.78, 5) is 2.56. The third kappa shape index (κ3) is 1.99. The van der Waals surface area contributed by atoms with E-state index in [1.807, 2.05) is 17.9 Å².